The molecular weight excluding hydrogens is 234 g/mol. The molecule has 1 N–H and O–H groups in total. The van der Waals surface area contributed by atoms with Crippen LogP contribution in [0.4, 0.5) is 0 Å². The Balaban J connectivity index is 2.00. The topological polar surface area (TPSA) is 23.5 Å². The molecule has 3 heteroatoms. The van der Waals surface area contributed by atoms with Gasteiger partial charge < -0.3 is 5.11 Å². The smallest absolute Gasteiger partial charge is 0.0445 e. The average molecular weight is 254 g/mol. The summed E-state index contributed by atoms with van der Waals surface area (Å²) in [5, 5.41) is 9.90. The van der Waals surface area contributed by atoms with Gasteiger partial charge >= 0.3 is 0 Å². The predicted octanol–water partition coefficient (Wildman–Crippen LogP) is 3.08. The van der Waals surface area contributed by atoms with Crippen LogP contribution in [0.2, 0.25) is 5.02 Å². The third-order valence-corrected chi connectivity index (χ3v) is 3.72. The number of halogens is 1. The molecule has 1 atom stereocenters. The van der Waals surface area contributed by atoms with Gasteiger partial charge in [0.1, 0.15) is 0 Å². The number of hydrogen-bond donors (Lipinski definition) is 1. The highest BCUT2D eigenvalue weighted by atomic mass is 35.5. The minimum Gasteiger partial charge on any atom is -0.396 e. The van der Waals surface area contributed by atoms with E-state index in [0.717, 1.165) is 24.5 Å². The molecule has 0 bridgehead atoms. The predicted molar refractivity (Wildman–Crippen MR) is 71.2 cm³/mol. The van der Waals surface area contributed by atoms with Crippen molar-refractivity contribution in [2.45, 2.75) is 38.3 Å². The van der Waals surface area contributed by atoms with Gasteiger partial charge in [0.2, 0.25) is 0 Å². The molecule has 1 aromatic carbocycles. The minimum absolute atomic E-state index is 0.288. The van der Waals surface area contributed by atoms with Crippen molar-refractivity contribution in [3.63, 3.8) is 0 Å². The zero-order valence-electron chi connectivity index (χ0n) is 10.1. The Morgan fingerprint density at radius 1 is 1.35 bits per heavy atom. The summed E-state index contributed by atoms with van der Waals surface area (Å²) in [6.07, 6.45) is 4.65. The molecule has 1 fully saturated rings. The SMILES string of the molecule is OCCC1CCCCN1Cc1cccc(Cl)c1. The van der Waals surface area contributed by atoms with E-state index in [4.69, 9.17) is 16.7 Å². The normalized spacial score (nSPS) is 21.6. The molecule has 1 aliphatic rings. The summed E-state index contributed by atoms with van der Waals surface area (Å²) in [4.78, 5) is 2.48. The summed E-state index contributed by atoms with van der Waals surface area (Å²) < 4.78 is 0. The summed E-state index contributed by atoms with van der Waals surface area (Å²) in [5.41, 5.74) is 1.27. The molecule has 1 unspecified atom stereocenters. The van der Waals surface area contributed by atoms with Crippen LogP contribution < -0.4 is 0 Å². The van der Waals surface area contributed by atoms with Crippen LogP contribution in [0, 0.1) is 0 Å². The quantitative estimate of drug-likeness (QED) is 0.892. The Hall–Kier alpha value is -0.570. The summed E-state index contributed by atoms with van der Waals surface area (Å²) >= 11 is 6.00. The summed E-state index contributed by atoms with van der Waals surface area (Å²) in [5.74, 6) is 0. The second-order valence-electron chi connectivity index (χ2n) is 4.76. The molecule has 17 heavy (non-hydrogen) atoms. The lowest BCUT2D eigenvalue weighted by Gasteiger charge is -2.35. The zero-order valence-corrected chi connectivity index (χ0v) is 10.9. The van der Waals surface area contributed by atoms with E-state index >= 15 is 0 Å². The van der Waals surface area contributed by atoms with Gasteiger partial charge in [0.15, 0.2) is 0 Å². The number of nitrogens with zero attached hydrogens (tertiary/aromatic N) is 1. The van der Waals surface area contributed by atoms with Crippen molar-refractivity contribution in [2.24, 2.45) is 0 Å². The number of hydrogen-bond acceptors (Lipinski definition) is 2. The van der Waals surface area contributed by atoms with Gasteiger partial charge in [0, 0.05) is 24.2 Å². The first-order valence-corrected chi connectivity index (χ1v) is 6.77. The number of rotatable bonds is 4. The third kappa shape index (κ3) is 3.70. The minimum atomic E-state index is 0.288. The molecule has 1 aliphatic heterocycles. The maximum atomic E-state index is 9.10. The van der Waals surface area contributed by atoms with Gasteiger partial charge in [0.25, 0.3) is 0 Å². The fraction of sp³-hybridized carbons (Fsp3) is 0.571. The number of likely N-dealkylation sites (tertiary alicyclic amines) is 1. The van der Waals surface area contributed by atoms with E-state index in [2.05, 4.69) is 11.0 Å². The van der Waals surface area contributed by atoms with Gasteiger partial charge in [-0.3, -0.25) is 4.90 Å². The molecule has 0 aromatic heterocycles. The van der Waals surface area contributed by atoms with Crippen LogP contribution in [-0.2, 0) is 6.54 Å². The molecule has 1 heterocycles. The standard InChI is InChI=1S/C14H20ClNO/c15-13-5-3-4-12(10-13)11-16-8-2-1-6-14(16)7-9-17/h3-5,10,14,17H,1-2,6-9,11H2. The van der Waals surface area contributed by atoms with E-state index in [1.165, 1.54) is 24.8 Å². The number of aliphatic hydroxyl groups excluding tert-OH is 1. The molecule has 1 saturated heterocycles. The molecule has 0 spiro atoms. The van der Waals surface area contributed by atoms with E-state index < -0.39 is 0 Å². The van der Waals surface area contributed by atoms with Crippen molar-refractivity contribution in [1.29, 1.82) is 0 Å². The average Bonchev–Trinajstić information content (AvgIpc) is 2.32. The Kier molecular flexibility index (Phi) is 4.84. The first kappa shape index (κ1) is 12.9. The van der Waals surface area contributed by atoms with E-state index in [9.17, 15) is 0 Å². The Morgan fingerprint density at radius 3 is 3.00 bits per heavy atom. The maximum absolute atomic E-state index is 9.10. The van der Waals surface area contributed by atoms with Gasteiger partial charge in [0.05, 0.1) is 0 Å². The second-order valence-corrected chi connectivity index (χ2v) is 5.20. The first-order valence-electron chi connectivity index (χ1n) is 6.39. The van der Waals surface area contributed by atoms with Crippen molar-refractivity contribution < 1.29 is 5.11 Å². The second kappa shape index (κ2) is 6.39. The molecule has 94 valence electrons. The van der Waals surface area contributed by atoms with Crippen LogP contribution in [0.1, 0.15) is 31.2 Å². The molecule has 0 amide bonds. The van der Waals surface area contributed by atoms with Gasteiger partial charge in [-0.25, -0.2) is 0 Å². The highest BCUT2D eigenvalue weighted by Crippen LogP contribution is 2.22. The van der Waals surface area contributed by atoms with E-state index in [0.29, 0.717) is 6.04 Å². The number of benzene rings is 1. The lowest BCUT2D eigenvalue weighted by Crippen LogP contribution is -2.39. The Morgan fingerprint density at radius 2 is 2.24 bits per heavy atom. The van der Waals surface area contributed by atoms with Gasteiger partial charge in [-0.05, 0) is 43.5 Å². The van der Waals surface area contributed by atoms with E-state index in [1.807, 2.05) is 18.2 Å². The van der Waals surface area contributed by atoms with Crippen LogP contribution in [0.3, 0.4) is 0 Å². The molecule has 0 saturated carbocycles. The summed E-state index contributed by atoms with van der Waals surface area (Å²) in [6, 6.07) is 8.60. The molecule has 1 aromatic rings. The van der Waals surface area contributed by atoms with Crippen LogP contribution in [0.5, 0.6) is 0 Å². The van der Waals surface area contributed by atoms with Crippen LogP contribution in [0.15, 0.2) is 24.3 Å². The van der Waals surface area contributed by atoms with Crippen LogP contribution >= 0.6 is 11.6 Å². The van der Waals surface area contributed by atoms with E-state index in [-0.39, 0.29) is 6.61 Å². The van der Waals surface area contributed by atoms with Gasteiger partial charge in [-0.2, -0.15) is 0 Å². The molecule has 0 radical (unpaired) electrons. The van der Waals surface area contributed by atoms with Crippen molar-refractivity contribution in [2.75, 3.05) is 13.2 Å². The largest absolute Gasteiger partial charge is 0.396 e. The van der Waals surface area contributed by atoms with Gasteiger partial charge in [-0.1, -0.05) is 30.2 Å². The molecular formula is C14H20ClNO. The van der Waals surface area contributed by atoms with Crippen LogP contribution in [0.25, 0.3) is 0 Å². The third-order valence-electron chi connectivity index (χ3n) is 3.49. The number of aliphatic hydroxyl groups is 1. The van der Waals surface area contributed by atoms with Crippen molar-refractivity contribution in [3.8, 4) is 0 Å². The Labute approximate surface area is 108 Å². The number of piperidine rings is 1. The lowest BCUT2D eigenvalue weighted by atomic mass is 9.99. The lowest BCUT2D eigenvalue weighted by molar-refractivity contribution is 0.112. The molecule has 2 rings (SSSR count). The highest BCUT2D eigenvalue weighted by molar-refractivity contribution is 6.30. The van der Waals surface area contributed by atoms with Crippen molar-refractivity contribution in [1.82, 2.24) is 4.90 Å². The van der Waals surface area contributed by atoms with E-state index in [1.54, 1.807) is 0 Å². The van der Waals surface area contributed by atoms with Crippen molar-refractivity contribution >= 4 is 11.6 Å². The fourth-order valence-corrected chi connectivity index (χ4v) is 2.83. The van der Waals surface area contributed by atoms with Crippen molar-refractivity contribution in [3.05, 3.63) is 34.9 Å². The first-order chi connectivity index (χ1) is 8.29. The highest BCUT2D eigenvalue weighted by Gasteiger charge is 2.21. The maximum Gasteiger partial charge on any atom is 0.0445 e. The zero-order chi connectivity index (χ0) is 12.1. The monoisotopic (exact) mass is 253 g/mol. The van der Waals surface area contributed by atoms with Crippen LogP contribution in [-0.4, -0.2) is 29.2 Å². The summed E-state index contributed by atoms with van der Waals surface area (Å²) in [7, 11) is 0. The fourth-order valence-electron chi connectivity index (χ4n) is 2.61. The summed E-state index contributed by atoms with van der Waals surface area (Å²) in [6.45, 7) is 2.37. The molecule has 0 aliphatic carbocycles. The van der Waals surface area contributed by atoms with Gasteiger partial charge in [-0.15, -0.1) is 0 Å². The molecule has 2 nitrogen and oxygen atoms in total. The Bertz CT molecular complexity index is 354.